The Labute approximate surface area is 122 Å². The molecule has 0 aliphatic carbocycles. The van der Waals surface area contributed by atoms with Gasteiger partial charge in [-0.05, 0) is 38.1 Å². The summed E-state index contributed by atoms with van der Waals surface area (Å²) >= 11 is 0. The molecule has 0 aliphatic heterocycles. The Balaban J connectivity index is 3.12. The zero-order valence-corrected chi connectivity index (χ0v) is 12.5. The SMILES string of the molecule is CCCC(C)N(C)C(CN)c1ccc(F)c(C(F)(F)F)c1. The van der Waals surface area contributed by atoms with E-state index in [4.69, 9.17) is 5.73 Å². The van der Waals surface area contributed by atoms with Crippen molar-refractivity contribution in [2.75, 3.05) is 13.6 Å². The second-order valence-electron chi connectivity index (χ2n) is 5.29. The monoisotopic (exact) mass is 306 g/mol. The summed E-state index contributed by atoms with van der Waals surface area (Å²) in [5.74, 6) is -1.26. The molecule has 0 aliphatic rings. The van der Waals surface area contributed by atoms with Crippen molar-refractivity contribution in [2.45, 2.75) is 44.9 Å². The Hall–Kier alpha value is -1.14. The second-order valence-corrected chi connectivity index (χ2v) is 5.29. The first kappa shape index (κ1) is 17.9. The topological polar surface area (TPSA) is 29.3 Å². The number of hydrogen-bond acceptors (Lipinski definition) is 2. The molecule has 1 aromatic rings. The lowest BCUT2D eigenvalue weighted by atomic mass is 10.00. The lowest BCUT2D eigenvalue weighted by Crippen LogP contribution is -2.37. The highest BCUT2D eigenvalue weighted by molar-refractivity contribution is 5.29. The van der Waals surface area contributed by atoms with Gasteiger partial charge in [-0.2, -0.15) is 13.2 Å². The van der Waals surface area contributed by atoms with E-state index in [2.05, 4.69) is 0 Å². The summed E-state index contributed by atoms with van der Waals surface area (Å²) in [7, 11) is 1.83. The normalized spacial score (nSPS) is 15.3. The van der Waals surface area contributed by atoms with Crippen molar-refractivity contribution >= 4 is 0 Å². The number of alkyl halides is 3. The van der Waals surface area contributed by atoms with Crippen LogP contribution in [0.5, 0.6) is 0 Å². The Kier molecular flexibility index (Phi) is 6.16. The van der Waals surface area contributed by atoms with Crippen LogP contribution in [-0.2, 0) is 6.18 Å². The summed E-state index contributed by atoms with van der Waals surface area (Å²) in [6.07, 6.45) is -2.81. The first-order valence-electron chi connectivity index (χ1n) is 7.01. The van der Waals surface area contributed by atoms with Crippen LogP contribution in [-0.4, -0.2) is 24.5 Å². The summed E-state index contributed by atoms with van der Waals surface area (Å²) in [6.45, 7) is 4.22. The second kappa shape index (κ2) is 7.22. The fraction of sp³-hybridized carbons (Fsp3) is 0.600. The largest absolute Gasteiger partial charge is 0.419 e. The van der Waals surface area contributed by atoms with Crippen molar-refractivity contribution in [2.24, 2.45) is 5.73 Å². The molecule has 1 aromatic carbocycles. The Bertz CT molecular complexity index is 459. The van der Waals surface area contributed by atoms with Gasteiger partial charge in [0, 0.05) is 18.6 Å². The van der Waals surface area contributed by atoms with Crippen LogP contribution >= 0.6 is 0 Å². The molecule has 1 rings (SSSR count). The summed E-state index contributed by atoms with van der Waals surface area (Å²) in [6, 6.07) is 2.91. The summed E-state index contributed by atoms with van der Waals surface area (Å²) < 4.78 is 51.7. The number of nitrogens with zero attached hydrogens (tertiary/aromatic N) is 1. The quantitative estimate of drug-likeness (QED) is 0.806. The minimum absolute atomic E-state index is 0.174. The molecule has 21 heavy (non-hydrogen) atoms. The standard InChI is InChI=1S/C15H22F4N2/c1-4-5-10(2)21(3)14(9-20)11-6-7-13(16)12(8-11)15(17,18)19/h6-8,10,14H,4-5,9,20H2,1-3H3. The third-order valence-corrected chi connectivity index (χ3v) is 3.80. The van der Waals surface area contributed by atoms with Crippen LogP contribution in [0.4, 0.5) is 17.6 Å². The van der Waals surface area contributed by atoms with E-state index in [1.807, 2.05) is 25.8 Å². The third-order valence-electron chi connectivity index (χ3n) is 3.80. The fourth-order valence-electron chi connectivity index (χ4n) is 2.43. The highest BCUT2D eigenvalue weighted by atomic mass is 19.4. The minimum atomic E-state index is -4.70. The van der Waals surface area contributed by atoms with E-state index in [-0.39, 0.29) is 18.6 Å². The van der Waals surface area contributed by atoms with E-state index in [1.54, 1.807) is 0 Å². The summed E-state index contributed by atoms with van der Waals surface area (Å²) in [4.78, 5) is 1.94. The van der Waals surface area contributed by atoms with Gasteiger partial charge in [-0.25, -0.2) is 4.39 Å². The number of halogens is 4. The number of benzene rings is 1. The van der Waals surface area contributed by atoms with Crippen molar-refractivity contribution in [1.82, 2.24) is 4.90 Å². The number of likely N-dealkylation sites (N-methyl/N-ethyl adjacent to an activating group) is 1. The van der Waals surface area contributed by atoms with Gasteiger partial charge in [-0.15, -0.1) is 0 Å². The first-order valence-corrected chi connectivity index (χ1v) is 7.01. The summed E-state index contributed by atoms with van der Waals surface area (Å²) in [5, 5.41) is 0. The molecule has 0 saturated heterocycles. The number of rotatable bonds is 6. The van der Waals surface area contributed by atoms with Crippen molar-refractivity contribution in [1.29, 1.82) is 0 Å². The van der Waals surface area contributed by atoms with Crippen molar-refractivity contribution < 1.29 is 17.6 Å². The van der Waals surface area contributed by atoms with Gasteiger partial charge in [0.1, 0.15) is 5.82 Å². The van der Waals surface area contributed by atoms with E-state index < -0.39 is 17.6 Å². The molecule has 0 fully saturated rings. The Morgan fingerprint density at radius 1 is 1.29 bits per heavy atom. The van der Waals surface area contributed by atoms with Gasteiger partial charge in [0.25, 0.3) is 0 Å². The number of nitrogens with two attached hydrogens (primary N) is 1. The van der Waals surface area contributed by atoms with Gasteiger partial charge in [0.15, 0.2) is 0 Å². The van der Waals surface area contributed by atoms with Gasteiger partial charge in [-0.1, -0.05) is 19.4 Å². The molecular weight excluding hydrogens is 284 g/mol. The van der Waals surface area contributed by atoms with Crippen LogP contribution < -0.4 is 5.73 Å². The molecule has 0 saturated carbocycles. The van der Waals surface area contributed by atoms with Crippen LogP contribution in [0.2, 0.25) is 0 Å². The molecule has 6 heteroatoms. The maximum absolute atomic E-state index is 13.3. The van der Waals surface area contributed by atoms with Crippen LogP contribution in [0.1, 0.15) is 43.9 Å². The maximum atomic E-state index is 13.3. The molecule has 0 bridgehead atoms. The molecule has 2 atom stereocenters. The van der Waals surface area contributed by atoms with Crippen molar-refractivity contribution in [3.05, 3.63) is 35.1 Å². The number of hydrogen-bond donors (Lipinski definition) is 1. The van der Waals surface area contributed by atoms with Crippen LogP contribution in [0.15, 0.2) is 18.2 Å². The van der Waals surface area contributed by atoms with Gasteiger partial charge in [0.2, 0.25) is 0 Å². The van der Waals surface area contributed by atoms with Gasteiger partial charge in [-0.3, -0.25) is 4.90 Å². The zero-order chi connectivity index (χ0) is 16.2. The molecule has 0 aromatic heterocycles. The Morgan fingerprint density at radius 2 is 1.90 bits per heavy atom. The molecule has 0 radical (unpaired) electrons. The molecule has 0 spiro atoms. The lowest BCUT2D eigenvalue weighted by molar-refractivity contribution is -0.140. The van der Waals surface area contributed by atoms with E-state index in [0.29, 0.717) is 5.56 Å². The summed E-state index contributed by atoms with van der Waals surface area (Å²) in [5.41, 5.74) is 4.87. The minimum Gasteiger partial charge on any atom is -0.329 e. The molecule has 0 heterocycles. The average Bonchev–Trinajstić information content (AvgIpc) is 2.40. The predicted octanol–water partition coefficient (Wildman–Crippen LogP) is 3.96. The Morgan fingerprint density at radius 3 is 2.38 bits per heavy atom. The van der Waals surface area contributed by atoms with Crippen molar-refractivity contribution in [3.63, 3.8) is 0 Å². The van der Waals surface area contributed by atoms with Crippen LogP contribution in [0.25, 0.3) is 0 Å². The third kappa shape index (κ3) is 4.41. The predicted molar refractivity (Wildman–Crippen MR) is 75.3 cm³/mol. The molecule has 120 valence electrons. The van der Waals surface area contributed by atoms with E-state index in [0.717, 1.165) is 25.0 Å². The average molecular weight is 306 g/mol. The fourth-order valence-corrected chi connectivity index (χ4v) is 2.43. The smallest absolute Gasteiger partial charge is 0.329 e. The van der Waals surface area contributed by atoms with Crippen LogP contribution in [0.3, 0.4) is 0 Å². The van der Waals surface area contributed by atoms with E-state index >= 15 is 0 Å². The van der Waals surface area contributed by atoms with Crippen LogP contribution in [0, 0.1) is 5.82 Å². The highest BCUT2D eigenvalue weighted by Gasteiger charge is 2.35. The van der Waals surface area contributed by atoms with Gasteiger partial charge < -0.3 is 5.73 Å². The molecule has 2 unspecified atom stereocenters. The molecule has 2 nitrogen and oxygen atoms in total. The van der Waals surface area contributed by atoms with E-state index in [1.165, 1.54) is 6.07 Å². The van der Waals surface area contributed by atoms with Gasteiger partial charge in [0.05, 0.1) is 5.56 Å². The zero-order valence-electron chi connectivity index (χ0n) is 12.5. The molecular formula is C15H22F4N2. The highest BCUT2D eigenvalue weighted by Crippen LogP contribution is 2.34. The molecule has 0 amide bonds. The van der Waals surface area contributed by atoms with E-state index in [9.17, 15) is 17.6 Å². The van der Waals surface area contributed by atoms with Crippen molar-refractivity contribution in [3.8, 4) is 0 Å². The maximum Gasteiger partial charge on any atom is 0.419 e. The lowest BCUT2D eigenvalue weighted by Gasteiger charge is -2.33. The molecule has 2 N–H and O–H groups in total. The first-order chi connectivity index (χ1) is 9.72. The van der Waals surface area contributed by atoms with Gasteiger partial charge >= 0.3 is 6.18 Å².